The predicted octanol–water partition coefficient (Wildman–Crippen LogP) is 2.68. The van der Waals surface area contributed by atoms with Gasteiger partial charge < -0.3 is 4.42 Å². The van der Waals surface area contributed by atoms with Crippen LogP contribution in [0.4, 0.5) is 5.69 Å². The minimum atomic E-state index is -0.445. The monoisotopic (exact) mass is 329 g/mol. The van der Waals surface area contributed by atoms with Gasteiger partial charge in [-0.05, 0) is 31.2 Å². The van der Waals surface area contributed by atoms with Crippen molar-refractivity contribution in [3.8, 4) is 5.69 Å². The highest BCUT2D eigenvalue weighted by molar-refractivity contribution is 7.08. The van der Waals surface area contributed by atoms with Crippen molar-refractivity contribution in [2.45, 2.75) is 6.92 Å². The van der Waals surface area contributed by atoms with E-state index in [9.17, 15) is 10.1 Å². The molecule has 1 aromatic carbocycles. The fourth-order valence-electron chi connectivity index (χ4n) is 1.83. The molecule has 8 nitrogen and oxygen atoms in total. The molecule has 2 aromatic heterocycles. The fourth-order valence-corrected chi connectivity index (χ4v) is 2.53. The molecule has 116 valence electrons. The molecule has 3 aromatic rings. The molecule has 0 fully saturated rings. The van der Waals surface area contributed by atoms with Gasteiger partial charge in [-0.15, -0.1) is 5.10 Å². The second-order valence-electron chi connectivity index (χ2n) is 4.45. The lowest BCUT2D eigenvalue weighted by atomic mass is 10.3. The van der Waals surface area contributed by atoms with E-state index >= 15 is 0 Å². The predicted molar refractivity (Wildman–Crippen MR) is 84.7 cm³/mol. The van der Waals surface area contributed by atoms with Crippen molar-refractivity contribution in [1.29, 1.82) is 0 Å². The van der Waals surface area contributed by atoms with Gasteiger partial charge in [-0.2, -0.15) is 10.2 Å². The Labute approximate surface area is 134 Å². The minimum Gasteiger partial charge on any atom is -0.463 e. The molecule has 0 saturated heterocycles. The van der Waals surface area contributed by atoms with E-state index in [1.165, 1.54) is 29.7 Å². The summed E-state index contributed by atoms with van der Waals surface area (Å²) in [5, 5.41) is 24.0. The molecule has 9 heteroatoms. The first-order chi connectivity index (χ1) is 11.1. The van der Waals surface area contributed by atoms with Gasteiger partial charge in [0.15, 0.2) is 0 Å². The molecule has 0 aliphatic heterocycles. The Bertz CT molecular complexity index is 907. The zero-order chi connectivity index (χ0) is 16.2. The van der Waals surface area contributed by atoms with Crippen molar-refractivity contribution in [2.75, 3.05) is 0 Å². The summed E-state index contributed by atoms with van der Waals surface area (Å²) in [6.07, 6.45) is 3.05. The van der Waals surface area contributed by atoms with Gasteiger partial charge in [0.1, 0.15) is 10.8 Å². The molecule has 0 spiro atoms. The third-order valence-corrected chi connectivity index (χ3v) is 3.65. The van der Waals surface area contributed by atoms with E-state index in [1.54, 1.807) is 35.2 Å². The molecule has 0 bridgehead atoms. The average Bonchev–Trinajstić information content (AvgIpc) is 3.17. The highest BCUT2D eigenvalue weighted by atomic mass is 32.1. The van der Waals surface area contributed by atoms with Crippen LogP contribution in [0, 0.1) is 17.0 Å². The van der Waals surface area contributed by atoms with Crippen molar-refractivity contribution >= 4 is 23.2 Å². The molecular formula is C14H11N5O3S. The number of nitro benzene ring substituents is 1. The van der Waals surface area contributed by atoms with Crippen LogP contribution in [0.5, 0.6) is 0 Å². The van der Waals surface area contributed by atoms with Gasteiger partial charge in [0.25, 0.3) is 5.69 Å². The summed E-state index contributed by atoms with van der Waals surface area (Å²) in [6.45, 7) is 1.85. The Balaban J connectivity index is 1.95. The highest BCUT2D eigenvalue weighted by Gasteiger charge is 2.08. The van der Waals surface area contributed by atoms with E-state index in [4.69, 9.17) is 4.42 Å². The maximum absolute atomic E-state index is 10.7. The van der Waals surface area contributed by atoms with Crippen molar-refractivity contribution in [2.24, 2.45) is 10.2 Å². The second-order valence-corrected chi connectivity index (χ2v) is 5.61. The third kappa shape index (κ3) is 3.40. The highest BCUT2D eigenvalue weighted by Crippen LogP contribution is 2.14. The van der Waals surface area contributed by atoms with E-state index < -0.39 is 4.92 Å². The van der Waals surface area contributed by atoms with Crippen LogP contribution < -0.4 is 4.80 Å². The van der Waals surface area contributed by atoms with Crippen LogP contribution in [0.3, 0.4) is 0 Å². The number of hydrogen-bond donors (Lipinski definition) is 0. The number of benzene rings is 1. The van der Waals surface area contributed by atoms with Crippen molar-refractivity contribution in [3.05, 3.63) is 68.3 Å². The van der Waals surface area contributed by atoms with E-state index in [0.29, 0.717) is 16.2 Å². The van der Waals surface area contributed by atoms with Crippen LogP contribution in [0.15, 0.2) is 57.3 Å². The molecule has 0 unspecified atom stereocenters. The first-order valence-electron chi connectivity index (χ1n) is 6.55. The van der Waals surface area contributed by atoms with E-state index in [2.05, 4.69) is 15.3 Å². The lowest BCUT2D eigenvalue weighted by molar-refractivity contribution is -0.384. The van der Waals surface area contributed by atoms with Crippen molar-refractivity contribution in [3.63, 3.8) is 0 Å². The first-order valence-corrected chi connectivity index (χ1v) is 7.37. The van der Waals surface area contributed by atoms with Crippen LogP contribution in [0.2, 0.25) is 0 Å². The Hall–Kier alpha value is -3.07. The van der Waals surface area contributed by atoms with Gasteiger partial charge in [0, 0.05) is 12.1 Å². The zero-order valence-electron chi connectivity index (χ0n) is 12.0. The van der Waals surface area contributed by atoms with Gasteiger partial charge >= 0.3 is 0 Å². The molecule has 0 radical (unpaired) electrons. The summed E-state index contributed by atoms with van der Waals surface area (Å²) in [5.41, 5.74) is 0.697. The standard InChI is InChI=1S/C14H11N5O3S/c1-10-17-18(11-4-6-12(7-5-11)19(20)21)14(23-10)16-15-9-13-3-2-8-22-13/h2-9H,1H3. The summed E-state index contributed by atoms with van der Waals surface area (Å²) in [7, 11) is 0. The fraction of sp³-hybridized carbons (Fsp3) is 0.0714. The van der Waals surface area contributed by atoms with Gasteiger partial charge in [-0.1, -0.05) is 11.3 Å². The number of aryl methyl sites for hydroxylation is 1. The normalized spacial score (nSPS) is 12.1. The maximum Gasteiger partial charge on any atom is 0.269 e. The minimum absolute atomic E-state index is 0.0237. The number of nitro groups is 1. The van der Waals surface area contributed by atoms with Gasteiger partial charge in [-0.25, -0.2) is 4.68 Å². The zero-order valence-corrected chi connectivity index (χ0v) is 12.8. The second kappa shape index (κ2) is 6.36. The van der Waals surface area contributed by atoms with Crippen LogP contribution >= 0.6 is 11.3 Å². The van der Waals surface area contributed by atoms with Crippen LogP contribution in [-0.2, 0) is 0 Å². The number of hydrogen-bond acceptors (Lipinski definition) is 7. The van der Waals surface area contributed by atoms with E-state index in [0.717, 1.165) is 5.01 Å². The van der Waals surface area contributed by atoms with E-state index in [1.807, 2.05) is 6.92 Å². The van der Waals surface area contributed by atoms with Crippen LogP contribution in [0.1, 0.15) is 10.8 Å². The summed E-state index contributed by atoms with van der Waals surface area (Å²) >= 11 is 1.36. The van der Waals surface area contributed by atoms with Crippen LogP contribution in [0.25, 0.3) is 5.69 Å². The Morgan fingerprint density at radius 3 is 2.78 bits per heavy atom. The SMILES string of the molecule is Cc1nn(-c2ccc([N+](=O)[O-])cc2)c(=NN=Cc2ccco2)s1. The van der Waals surface area contributed by atoms with Gasteiger partial charge in [-0.3, -0.25) is 10.1 Å². The largest absolute Gasteiger partial charge is 0.463 e. The molecule has 0 N–H and O–H groups in total. The Morgan fingerprint density at radius 1 is 1.35 bits per heavy atom. The number of nitrogens with zero attached hydrogens (tertiary/aromatic N) is 5. The maximum atomic E-state index is 10.7. The number of aromatic nitrogens is 2. The average molecular weight is 329 g/mol. The van der Waals surface area contributed by atoms with Crippen LogP contribution in [-0.4, -0.2) is 20.9 Å². The van der Waals surface area contributed by atoms with Crippen molar-refractivity contribution < 1.29 is 9.34 Å². The van der Waals surface area contributed by atoms with Crippen molar-refractivity contribution in [1.82, 2.24) is 9.78 Å². The van der Waals surface area contributed by atoms with Gasteiger partial charge in [0.2, 0.25) is 4.80 Å². The molecule has 3 rings (SSSR count). The summed E-state index contributed by atoms with van der Waals surface area (Å²) in [6, 6.07) is 9.61. The molecule has 0 aliphatic carbocycles. The summed E-state index contributed by atoms with van der Waals surface area (Å²) in [5.74, 6) is 0.594. The smallest absolute Gasteiger partial charge is 0.269 e. The Morgan fingerprint density at radius 2 is 2.13 bits per heavy atom. The lowest BCUT2D eigenvalue weighted by Crippen LogP contribution is -2.13. The molecule has 2 heterocycles. The Kier molecular flexibility index (Phi) is 4.11. The lowest BCUT2D eigenvalue weighted by Gasteiger charge is -1.99. The molecule has 23 heavy (non-hydrogen) atoms. The molecular weight excluding hydrogens is 318 g/mol. The number of non-ortho nitro benzene ring substituents is 1. The topological polar surface area (TPSA) is 98.8 Å². The summed E-state index contributed by atoms with van der Waals surface area (Å²) in [4.78, 5) is 10.8. The van der Waals surface area contributed by atoms with E-state index in [-0.39, 0.29) is 5.69 Å². The third-order valence-electron chi connectivity index (χ3n) is 2.84. The first kappa shape index (κ1) is 14.9. The molecule has 0 saturated carbocycles. The molecule has 0 aliphatic rings. The molecule has 0 amide bonds. The summed E-state index contributed by atoms with van der Waals surface area (Å²) < 4.78 is 6.72. The quantitative estimate of drug-likeness (QED) is 0.417. The van der Waals surface area contributed by atoms with Gasteiger partial charge in [0.05, 0.1) is 23.1 Å². The number of rotatable bonds is 4. The molecule has 0 atom stereocenters. The number of furan rings is 1.